The monoisotopic (exact) mass is 440 g/mol. The third-order valence-electron chi connectivity index (χ3n) is 4.76. The Kier molecular flexibility index (Phi) is 5.07. The average Bonchev–Trinajstić information content (AvgIpc) is 3.41. The number of nitrogens with zero attached hydrogens (tertiary/aromatic N) is 5. The molecule has 0 spiro atoms. The first-order valence-electron chi connectivity index (χ1n) is 10.1. The number of fused-ring (bicyclic) bond motifs is 1. The molecule has 12 nitrogen and oxygen atoms in total. The maximum absolute atomic E-state index is 13.1. The molecule has 3 aromatic rings. The Morgan fingerprint density at radius 1 is 1.28 bits per heavy atom. The highest BCUT2D eigenvalue weighted by Crippen LogP contribution is 2.27. The zero-order chi connectivity index (χ0) is 23.2. The fraction of sp³-hybridized carbons (Fsp3) is 0.400. The van der Waals surface area contributed by atoms with Gasteiger partial charge in [0.1, 0.15) is 11.5 Å². The molecule has 32 heavy (non-hydrogen) atoms. The van der Waals surface area contributed by atoms with Gasteiger partial charge in [0.05, 0.1) is 0 Å². The zero-order valence-corrected chi connectivity index (χ0v) is 17.9. The minimum Gasteiger partial charge on any atom is -0.494 e. The molecule has 1 saturated carbocycles. The summed E-state index contributed by atoms with van der Waals surface area (Å²) in [5.41, 5.74) is 4.12. The fourth-order valence-electron chi connectivity index (χ4n) is 3.21. The molecule has 3 aromatic heterocycles. The van der Waals surface area contributed by atoms with E-state index in [9.17, 15) is 19.5 Å². The standard InChI is InChI=1S/C20H24N8O4/c1-20(2,3)9-27-13-8-12(24-11-6-7-22-16(25-11)15(21)29)26-28(13)19(32)14(18(27)31)17(30)23-10-4-5-10/h6-8,10,31H,4-5,9H2,1-3H3,(H2,21,29)(H,23,30)(H,22,24,25,26). The van der Waals surface area contributed by atoms with Gasteiger partial charge in [-0.2, -0.15) is 4.52 Å². The van der Waals surface area contributed by atoms with E-state index in [-0.39, 0.29) is 40.1 Å². The Balaban J connectivity index is 1.82. The van der Waals surface area contributed by atoms with Crippen molar-refractivity contribution in [2.24, 2.45) is 11.1 Å². The summed E-state index contributed by atoms with van der Waals surface area (Å²) in [5.74, 6) is -1.56. The summed E-state index contributed by atoms with van der Waals surface area (Å²) in [7, 11) is 0. The van der Waals surface area contributed by atoms with Crippen molar-refractivity contribution in [1.82, 2.24) is 29.5 Å². The topological polar surface area (TPSA) is 170 Å². The van der Waals surface area contributed by atoms with Crippen LogP contribution < -0.4 is 21.9 Å². The van der Waals surface area contributed by atoms with Crippen molar-refractivity contribution in [2.75, 3.05) is 5.32 Å². The SMILES string of the molecule is CC(C)(C)Cn1c(O)c(C(=O)NC2CC2)c(=O)n2nc(Nc3ccnc(C(N)=O)n3)cc12. The normalized spacial score (nSPS) is 13.8. The first-order valence-corrected chi connectivity index (χ1v) is 10.1. The average molecular weight is 440 g/mol. The number of anilines is 2. The Labute approximate surface area is 182 Å². The Morgan fingerprint density at radius 2 is 2.00 bits per heavy atom. The van der Waals surface area contributed by atoms with Crippen LogP contribution in [-0.2, 0) is 6.54 Å². The van der Waals surface area contributed by atoms with Crippen LogP contribution in [0.2, 0.25) is 0 Å². The van der Waals surface area contributed by atoms with Crippen molar-refractivity contribution in [1.29, 1.82) is 0 Å². The number of rotatable bonds is 6. The largest absolute Gasteiger partial charge is 0.494 e. The van der Waals surface area contributed by atoms with Crippen molar-refractivity contribution in [3.8, 4) is 5.88 Å². The lowest BCUT2D eigenvalue weighted by molar-refractivity contribution is 0.0942. The lowest BCUT2D eigenvalue weighted by Gasteiger charge is -2.23. The van der Waals surface area contributed by atoms with E-state index in [2.05, 4.69) is 25.7 Å². The van der Waals surface area contributed by atoms with Crippen LogP contribution in [0.1, 0.15) is 54.6 Å². The predicted octanol–water partition coefficient (Wildman–Crippen LogP) is 0.772. The fourth-order valence-corrected chi connectivity index (χ4v) is 3.21. The minimum absolute atomic E-state index is 0.0140. The minimum atomic E-state index is -0.787. The molecule has 0 radical (unpaired) electrons. The van der Waals surface area contributed by atoms with Crippen LogP contribution in [0, 0.1) is 5.41 Å². The molecule has 1 aliphatic carbocycles. The summed E-state index contributed by atoms with van der Waals surface area (Å²) in [6.45, 7) is 6.21. The van der Waals surface area contributed by atoms with Crippen molar-refractivity contribution < 1.29 is 14.7 Å². The molecule has 4 rings (SSSR count). The van der Waals surface area contributed by atoms with Crippen LogP contribution in [-0.4, -0.2) is 47.1 Å². The maximum atomic E-state index is 13.1. The number of carbonyl (C=O) groups is 2. The number of primary amides is 1. The summed E-state index contributed by atoms with van der Waals surface area (Å²) in [5, 5.41) is 20.8. The lowest BCUT2D eigenvalue weighted by Crippen LogP contribution is -2.35. The van der Waals surface area contributed by atoms with E-state index in [0.29, 0.717) is 6.54 Å². The quantitative estimate of drug-likeness (QED) is 0.435. The van der Waals surface area contributed by atoms with Gasteiger partial charge in [-0.3, -0.25) is 19.0 Å². The Morgan fingerprint density at radius 3 is 2.62 bits per heavy atom. The first kappa shape index (κ1) is 21.3. The molecule has 1 aliphatic rings. The highest BCUT2D eigenvalue weighted by molar-refractivity contribution is 5.96. The van der Waals surface area contributed by atoms with E-state index in [1.54, 1.807) is 6.07 Å². The van der Waals surface area contributed by atoms with Gasteiger partial charge in [-0.25, -0.2) is 9.97 Å². The molecule has 0 atom stereocenters. The number of hydrogen-bond acceptors (Lipinski definition) is 8. The van der Waals surface area contributed by atoms with Gasteiger partial charge in [-0.1, -0.05) is 20.8 Å². The predicted molar refractivity (Wildman–Crippen MR) is 115 cm³/mol. The highest BCUT2D eigenvalue weighted by atomic mass is 16.3. The number of amides is 2. The van der Waals surface area contributed by atoms with Gasteiger partial charge in [0.2, 0.25) is 11.7 Å². The van der Waals surface area contributed by atoms with E-state index in [1.165, 1.54) is 16.8 Å². The number of carbonyl (C=O) groups excluding carboxylic acids is 2. The molecule has 0 aromatic carbocycles. The van der Waals surface area contributed by atoms with Crippen molar-refractivity contribution in [3.63, 3.8) is 0 Å². The van der Waals surface area contributed by atoms with Gasteiger partial charge in [0.25, 0.3) is 17.4 Å². The van der Waals surface area contributed by atoms with Crippen LogP contribution >= 0.6 is 0 Å². The summed E-state index contributed by atoms with van der Waals surface area (Å²) in [6, 6.07) is 3.06. The molecule has 1 fully saturated rings. The van der Waals surface area contributed by atoms with Crippen LogP contribution in [0.15, 0.2) is 23.1 Å². The van der Waals surface area contributed by atoms with Gasteiger partial charge in [-0.05, 0) is 24.3 Å². The second-order valence-corrected chi connectivity index (χ2v) is 8.95. The molecule has 168 valence electrons. The molecule has 3 heterocycles. The van der Waals surface area contributed by atoms with Gasteiger partial charge < -0.3 is 21.5 Å². The Bertz CT molecular complexity index is 1280. The number of aromatic hydroxyl groups is 1. The maximum Gasteiger partial charge on any atom is 0.291 e. The van der Waals surface area contributed by atoms with E-state index < -0.39 is 23.3 Å². The molecule has 0 aliphatic heterocycles. The Hall–Kier alpha value is -3.96. The van der Waals surface area contributed by atoms with E-state index in [0.717, 1.165) is 17.4 Å². The van der Waals surface area contributed by atoms with Crippen molar-refractivity contribution in [3.05, 3.63) is 40.1 Å². The molecular formula is C20H24N8O4. The van der Waals surface area contributed by atoms with Crippen molar-refractivity contribution >= 4 is 29.1 Å². The number of hydrogen-bond donors (Lipinski definition) is 4. The van der Waals surface area contributed by atoms with E-state index in [1.807, 2.05) is 20.8 Å². The number of aromatic nitrogens is 5. The van der Waals surface area contributed by atoms with Crippen LogP contribution in [0.25, 0.3) is 5.65 Å². The van der Waals surface area contributed by atoms with E-state index >= 15 is 0 Å². The number of nitrogens with two attached hydrogens (primary N) is 1. The van der Waals surface area contributed by atoms with E-state index in [4.69, 9.17) is 5.73 Å². The number of nitrogens with one attached hydrogen (secondary N) is 2. The smallest absolute Gasteiger partial charge is 0.291 e. The zero-order valence-electron chi connectivity index (χ0n) is 17.9. The lowest BCUT2D eigenvalue weighted by atomic mass is 9.96. The molecule has 0 unspecified atom stereocenters. The highest BCUT2D eigenvalue weighted by Gasteiger charge is 2.30. The summed E-state index contributed by atoms with van der Waals surface area (Å²) >= 11 is 0. The van der Waals surface area contributed by atoms with Crippen LogP contribution in [0.4, 0.5) is 11.6 Å². The van der Waals surface area contributed by atoms with Gasteiger partial charge in [-0.15, -0.1) is 5.10 Å². The summed E-state index contributed by atoms with van der Waals surface area (Å²) in [4.78, 5) is 44.9. The van der Waals surface area contributed by atoms with Crippen LogP contribution in [0.3, 0.4) is 0 Å². The van der Waals surface area contributed by atoms with Crippen LogP contribution in [0.5, 0.6) is 5.88 Å². The molecular weight excluding hydrogens is 416 g/mol. The second kappa shape index (κ2) is 7.62. The van der Waals surface area contributed by atoms with Gasteiger partial charge >= 0.3 is 0 Å². The summed E-state index contributed by atoms with van der Waals surface area (Å²) in [6.07, 6.45) is 3.04. The molecule has 0 saturated heterocycles. The van der Waals surface area contributed by atoms with Gasteiger partial charge in [0, 0.05) is 24.8 Å². The third-order valence-corrected chi connectivity index (χ3v) is 4.76. The third kappa shape index (κ3) is 4.24. The second-order valence-electron chi connectivity index (χ2n) is 8.95. The molecule has 0 bridgehead atoms. The van der Waals surface area contributed by atoms with Crippen molar-refractivity contribution in [2.45, 2.75) is 46.2 Å². The molecule has 2 amide bonds. The molecule has 12 heteroatoms. The first-order chi connectivity index (χ1) is 15.0. The molecule has 5 N–H and O–H groups in total. The van der Waals surface area contributed by atoms with Gasteiger partial charge in [0.15, 0.2) is 11.4 Å². The summed E-state index contributed by atoms with van der Waals surface area (Å²) < 4.78 is 2.54.